The van der Waals surface area contributed by atoms with Gasteiger partial charge < -0.3 is 23.8 Å². The predicted molar refractivity (Wildman–Crippen MR) is 124 cm³/mol. The third-order valence-electron chi connectivity index (χ3n) is 6.46. The number of imidazole rings is 1. The van der Waals surface area contributed by atoms with Crippen LogP contribution in [-0.2, 0) is 9.53 Å². The second-order valence-electron chi connectivity index (χ2n) is 8.79. The van der Waals surface area contributed by atoms with E-state index in [9.17, 15) is 14.0 Å². The molecule has 0 saturated carbocycles. The number of methoxy groups -OCH3 is 1. The molecular formula is C25H26FN5O4. The molecule has 1 aromatic carbocycles. The molecule has 2 bridgehead atoms. The molecule has 0 spiro atoms. The topological polar surface area (TPSA) is 89.8 Å². The number of morpholine rings is 2. The summed E-state index contributed by atoms with van der Waals surface area (Å²) in [5, 5.41) is 0. The summed E-state index contributed by atoms with van der Waals surface area (Å²) >= 11 is 0. The monoisotopic (exact) mass is 479 g/mol. The Labute approximate surface area is 202 Å². The van der Waals surface area contributed by atoms with Gasteiger partial charge in [0.25, 0.3) is 5.91 Å². The zero-order valence-electron chi connectivity index (χ0n) is 19.5. The Kier molecular flexibility index (Phi) is 6.21. The number of hydrogen-bond donors (Lipinski definition) is 0. The van der Waals surface area contributed by atoms with Gasteiger partial charge in [0.15, 0.2) is 0 Å². The number of carbonyl (C=O) groups is 2. The molecular weight excluding hydrogens is 453 g/mol. The average Bonchev–Trinajstić information content (AvgIpc) is 3.42. The summed E-state index contributed by atoms with van der Waals surface area (Å²) in [6.45, 7) is 3.43. The van der Waals surface area contributed by atoms with Gasteiger partial charge in [0.1, 0.15) is 6.04 Å². The number of fused-ring (bicyclic) bond motifs is 2. The number of carbonyl (C=O) groups excluding carboxylic acids is 2. The Balaban J connectivity index is 1.28. The molecule has 2 aliphatic rings. The summed E-state index contributed by atoms with van der Waals surface area (Å²) in [4.78, 5) is 37.7. The van der Waals surface area contributed by atoms with Crippen molar-refractivity contribution in [1.82, 2.24) is 24.3 Å². The van der Waals surface area contributed by atoms with Crippen molar-refractivity contribution in [2.75, 3.05) is 33.3 Å². The van der Waals surface area contributed by atoms with Crippen molar-refractivity contribution in [2.45, 2.75) is 25.2 Å². The highest BCUT2D eigenvalue weighted by molar-refractivity contribution is 5.95. The van der Waals surface area contributed by atoms with E-state index in [2.05, 4.69) is 9.97 Å². The fraction of sp³-hybridized carbons (Fsp3) is 0.360. The van der Waals surface area contributed by atoms with E-state index in [0.717, 1.165) is 0 Å². The lowest BCUT2D eigenvalue weighted by molar-refractivity contribution is -0.159. The molecule has 3 aromatic rings. The number of ether oxygens (including phenoxy) is 2. The molecule has 2 saturated heterocycles. The molecule has 2 fully saturated rings. The first kappa shape index (κ1) is 23.0. The predicted octanol–water partition coefficient (Wildman–Crippen LogP) is 2.41. The van der Waals surface area contributed by atoms with Crippen molar-refractivity contribution in [2.24, 2.45) is 0 Å². The highest BCUT2D eigenvalue weighted by Crippen LogP contribution is 2.27. The molecule has 3 unspecified atom stereocenters. The minimum atomic E-state index is -0.662. The SMILES string of the molecule is COc1ccc(-c2cccc(C(=O)N3CC4CN(C(=O)C(C)n5ccnc5)CC(C3)O4)c2)c(F)n1. The highest BCUT2D eigenvalue weighted by atomic mass is 19.1. The number of hydrogen-bond acceptors (Lipinski definition) is 6. The fourth-order valence-electron chi connectivity index (χ4n) is 4.68. The quantitative estimate of drug-likeness (QED) is 0.522. The number of aromatic nitrogens is 3. The zero-order chi connectivity index (χ0) is 24.5. The molecule has 9 nitrogen and oxygen atoms in total. The van der Waals surface area contributed by atoms with E-state index in [1.807, 2.05) is 11.8 Å². The Morgan fingerprint density at radius 1 is 1.11 bits per heavy atom. The molecule has 2 aliphatic heterocycles. The van der Waals surface area contributed by atoms with Crippen LogP contribution in [0.15, 0.2) is 55.1 Å². The van der Waals surface area contributed by atoms with Crippen LogP contribution in [0.5, 0.6) is 5.88 Å². The van der Waals surface area contributed by atoms with Gasteiger partial charge in [0, 0.05) is 55.8 Å². The molecule has 3 atom stereocenters. The van der Waals surface area contributed by atoms with Crippen LogP contribution in [0.2, 0.25) is 0 Å². The second kappa shape index (κ2) is 9.46. The Bertz CT molecular complexity index is 1220. The van der Waals surface area contributed by atoms with Crippen LogP contribution in [0.3, 0.4) is 0 Å². The van der Waals surface area contributed by atoms with Crippen molar-refractivity contribution in [3.05, 3.63) is 66.6 Å². The molecule has 35 heavy (non-hydrogen) atoms. The van der Waals surface area contributed by atoms with E-state index in [1.165, 1.54) is 7.11 Å². The van der Waals surface area contributed by atoms with E-state index in [4.69, 9.17) is 9.47 Å². The smallest absolute Gasteiger partial charge is 0.254 e. The molecule has 5 rings (SSSR count). The van der Waals surface area contributed by atoms with E-state index < -0.39 is 5.95 Å². The maximum Gasteiger partial charge on any atom is 0.254 e. The normalized spacial score (nSPS) is 20.4. The summed E-state index contributed by atoms with van der Waals surface area (Å²) in [7, 11) is 1.42. The van der Waals surface area contributed by atoms with Crippen molar-refractivity contribution >= 4 is 11.8 Å². The molecule has 2 amide bonds. The van der Waals surface area contributed by atoms with Crippen LogP contribution in [0, 0.1) is 5.95 Å². The number of benzene rings is 1. The highest BCUT2D eigenvalue weighted by Gasteiger charge is 2.39. The minimum Gasteiger partial charge on any atom is -0.481 e. The maximum absolute atomic E-state index is 14.5. The number of halogens is 1. The number of rotatable bonds is 5. The summed E-state index contributed by atoms with van der Waals surface area (Å²) in [6.07, 6.45) is 4.52. The lowest BCUT2D eigenvalue weighted by atomic mass is 10.0. The second-order valence-corrected chi connectivity index (χ2v) is 8.79. The molecule has 10 heteroatoms. The Hall–Kier alpha value is -3.79. The van der Waals surface area contributed by atoms with Crippen LogP contribution in [0.1, 0.15) is 23.3 Å². The van der Waals surface area contributed by atoms with Gasteiger partial charge in [0.05, 0.1) is 25.6 Å². The molecule has 0 N–H and O–H groups in total. The van der Waals surface area contributed by atoms with Gasteiger partial charge in [-0.25, -0.2) is 4.98 Å². The van der Waals surface area contributed by atoms with E-state index in [1.54, 1.807) is 64.6 Å². The Morgan fingerprint density at radius 3 is 2.51 bits per heavy atom. The largest absolute Gasteiger partial charge is 0.481 e. The standard InChI is InChI=1S/C25H26FN5O4/c1-16(29-9-8-27-15-29)24(32)30-11-19-13-31(14-20(12-30)35-19)25(33)18-5-3-4-17(10-18)21-6-7-22(34-2)28-23(21)26/h3-10,15-16,19-20H,11-14H2,1-2H3. The van der Waals surface area contributed by atoms with Crippen molar-refractivity contribution in [3.63, 3.8) is 0 Å². The zero-order valence-corrected chi connectivity index (χ0v) is 19.5. The van der Waals surface area contributed by atoms with E-state index in [0.29, 0.717) is 42.9 Å². The van der Waals surface area contributed by atoms with Crippen LogP contribution < -0.4 is 4.74 Å². The fourth-order valence-corrected chi connectivity index (χ4v) is 4.68. The Morgan fingerprint density at radius 2 is 1.86 bits per heavy atom. The summed E-state index contributed by atoms with van der Waals surface area (Å²) < 4.78 is 27.3. The number of amides is 2. The van der Waals surface area contributed by atoms with E-state index in [-0.39, 0.29) is 35.9 Å². The first-order valence-electron chi connectivity index (χ1n) is 11.4. The third-order valence-corrected chi connectivity index (χ3v) is 6.46. The molecule has 0 radical (unpaired) electrons. The van der Waals surface area contributed by atoms with Gasteiger partial charge >= 0.3 is 0 Å². The summed E-state index contributed by atoms with van der Waals surface area (Å²) in [5.74, 6) is -0.627. The summed E-state index contributed by atoms with van der Waals surface area (Å²) in [5.41, 5.74) is 1.31. The molecule has 182 valence electrons. The maximum atomic E-state index is 14.5. The van der Waals surface area contributed by atoms with Crippen molar-refractivity contribution < 1.29 is 23.5 Å². The third kappa shape index (κ3) is 4.61. The number of nitrogens with zero attached hydrogens (tertiary/aromatic N) is 5. The van der Waals surface area contributed by atoms with Crippen molar-refractivity contribution in [1.29, 1.82) is 0 Å². The van der Waals surface area contributed by atoms with Gasteiger partial charge in [0.2, 0.25) is 17.7 Å². The van der Waals surface area contributed by atoms with E-state index >= 15 is 0 Å². The minimum absolute atomic E-state index is 0.00362. The van der Waals surface area contributed by atoms with Gasteiger partial charge in [-0.05, 0) is 30.7 Å². The molecule has 2 aromatic heterocycles. The van der Waals surface area contributed by atoms with Crippen molar-refractivity contribution in [3.8, 4) is 17.0 Å². The van der Waals surface area contributed by atoms with Gasteiger partial charge in [-0.1, -0.05) is 12.1 Å². The number of pyridine rings is 1. The van der Waals surface area contributed by atoms with Gasteiger partial charge in [-0.2, -0.15) is 9.37 Å². The lowest BCUT2D eigenvalue weighted by Crippen LogP contribution is -2.62. The first-order valence-corrected chi connectivity index (χ1v) is 11.4. The van der Waals surface area contributed by atoms with Crippen LogP contribution in [0.4, 0.5) is 4.39 Å². The van der Waals surface area contributed by atoms with Crippen LogP contribution in [-0.4, -0.2) is 81.6 Å². The molecule has 4 heterocycles. The van der Waals surface area contributed by atoms with Gasteiger partial charge in [-0.15, -0.1) is 0 Å². The van der Waals surface area contributed by atoms with Crippen LogP contribution in [0.25, 0.3) is 11.1 Å². The summed E-state index contributed by atoms with van der Waals surface area (Å²) in [6, 6.07) is 9.66. The lowest BCUT2D eigenvalue weighted by Gasteiger charge is -2.46. The molecule has 0 aliphatic carbocycles. The van der Waals surface area contributed by atoms with Gasteiger partial charge in [-0.3, -0.25) is 9.59 Å². The average molecular weight is 480 g/mol. The van der Waals surface area contributed by atoms with Crippen LogP contribution >= 0.6 is 0 Å². The first-order chi connectivity index (χ1) is 16.9.